The Labute approximate surface area is 125 Å². The highest BCUT2D eigenvalue weighted by Gasteiger charge is 2.22. The molecule has 0 radical (unpaired) electrons. The van der Waals surface area contributed by atoms with E-state index in [2.05, 4.69) is 9.97 Å². The molecular formula is C16H10FN3O2. The Kier molecular flexibility index (Phi) is 3.64. The topological polar surface area (TPSA) is 82.9 Å². The van der Waals surface area contributed by atoms with E-state index >= 15 is 0 Å². The molecule has 0 saturated heterocycles. The van der Waals surface area contributed by atoms with Gasteiger partial charge in [0.1, 0.15) is 24.0 Å². The van der Waals surface area contributed by atoms with Crippen molar-refractivity contribution in [3.63, 3.8) is 0 Å². The lowest BCUT2D eigenvalue weighted by Crippen LogP contribution is -2.05. The van der Waals surface area contributed by atoms with E-state index in [-0.39, 0.29) is 22.5 Å². The molecule has 22 heavy (non-hydrogen) atoms. The second-order valence-corrected chi connectivity index (χ2v) is 4.55. The number of hydrogen-bond donors (Lipinski definition) is 1. The third kappa shape index (κ3) is 2.34. The van der Waals surface area contributed by atoms with Gasteiger partial charge in [-0.05, 0) is 18.2 Å². The van der Waals surface area contributed by atoms with Gasteiger partial charge in [-0.25, -0.2) is 14.4 Å². The summed E-state index contributed by atoms with van der Waals surface area (Å²) in [5.41, 5.74) is 0.547. The van der Waals surface area contributed by atoms with Crippen molar-refractivity contribution in [1.82, 2.24) is 9.97 Å². The lowest BCUT2D eigenvalue weighted by Gasteiger charge is -2.14. The normalized spacial score (nSPS) is 11.9. The average molecular weight is 295 g/mol. The SMILES string of the molecule is N#Cc1ccc(C(O)c2cncnc2)c(F)c1-c1ccco1. The maximum absolute atomic E-state index is 14.8. The van der Waals surface area contributed by atoms with Crippen molar-refractivity contribution < 1.29 is 13.9 Å². The summed E-state index contributed by atoms with van der Waals surface area (Å²) in [5.74, 6) is -0.474. The summed E-state index contributed by atoms with van der Waals surface area (Å²) in [6.07, 6.45) is 4.29. The fourth-order valence-electron chi connectivity index (χ4n) is 2.19. The van der Waals surface area contributed by atoms with Crippen molar-refractivity contribution in [2.45, 2.75) is 6.10 Å². The number of halogens is 1. The van der Waals surface area contributed by atoms with Gasteiger partial charge in [0, 0.05) is 23.5 Å². The standard InChI is InChI=1S/C16H10FN3O2/c17-15-12(16(21)11-7-19-9-20-8-11)4-3-10(6-18)14(15)13-2-1-5-22-13/h1-5,7-9,16,21H. The van der Waals surface area contributed by atoms with Gasteiger partial charge in [0.2, 0.25) is 0 Å². The Hall–Kier alpha value is -3.04. The predicted molar refractivity (Wildman–Crippen MR) is 74.9 cm³/mol. The van der Waals surface area contributed by atoms with E-state index in [0.29, 0.717) is 5.56 Å². The van der Waals surface area contributed by atoms with Crippen molar-refractivity contribution in [2.75, 3.05) is 0 Å². The fourth-order valence-corrected chi connectivity index (χ4v) is 2.19. The Morgan fingerprint density at radius 3 is 2.64 bits per heavy atom. The molecule has 1 aromatic carbocycles. The molecule has 0 aliphatic rings. The van der Waals surface area contributed by atoms with E-state index in [0.717, 1.165) is 0 Å². The number of aliphatic hydroxyl groups excluding tert-OH is 1. The van der Waals surface area contributed by atoms with Crippen LogP contribution in [-0.2, 0) is 0 Å². The summed E-state index contributed by atoms with van der Waals surface area (Å²) in [4.78, 5) is 7.61. The molecule has 2 heterocycles. The monoisotopic (exact) mass is 295 g/mol. The number of benzene rings is 1. The molecular weight excluding hydrogens is 285 g/mol. The van der Waals surface area contributed by atoms with E-state index in [4.69, 9.17) is 9.68 Å². The molecule has 0 amide bonds. The van der Waals surface area contributed by atoms with Crippen molar-refractivity contribution >= 4 is 0 Å². The van der Waals surface area contributed by atoms with Crippen LogP contribution in [0.15, 0.2) is 53.7 Å². The number of nitrogens with zero attached hydrogens (tertiary/aromatic N) is 3. The number of furan rings is 1. The van der Waals surface area contributed by atoms with E-state index in [1.807, 2.05) is 6.07 Å². The summed E-state index contributed by atoms with van der Waals surface area (Å²) in [6.45, 7) is 0. The molecule has 0 aliphatic heterocycles. The summed E-state index contributed by atoms with van der Waals surface area (Å²) in [6, 6.07) is 7.90. The highest BCUT2D eigenvalue weighted by molar-refractivity contribution is 5.68. The lowest BCUT2D eigenvalue weighted by molar-refractivity contribution is 0.214. The second kappa shape index (κ2) is 5.76. The minimum atomic E-state index is -1.23. The molecule has 0 saturated carbocycles. The Bertz CT molecular complexity index is 827. The zero-order valence-electron chi connectivity index (χ0n) is 11.3. The molecule has 0 bridgehead atoms. The first-order chi connectivity index (χ1) is 10.7. The lowest BCUT2D eigenvalue weighted by atomic mass is 9.96. The molecule has 1 atom stereocenters. The van der Waals surface area contributed by atoms with Gasteiger partial charge in [0.15, 0.2) is 0 Å². The predicted octanol–water partition coefficient (Wildman–Crippen LogP) is 2.83. The van der Waals surface area contributed by atoms with Crippen LogP contribution in [0.3, 0.4) is 0 Å². The molecule has 0 spiro atoms. The number of hydrogen-bond acceptors (Lipinski definition) is 5. The zero-order valence-corrected chi connectivity index (χ0v) is 11.3. The average Bonchev–Trinajstić information content (AvgIpc) is 3.08. The molecule has 6 heteroatoms. The molecule has 3 rings (SSSR count). The third-order valence-electron chi connectivity index (χ3n) is 3.25. The maximum Gasteiger partial charge on any atom is 0.141 e. The first-order valence-electron chi connectivity index (χ1n) is 6.41. The van der Waals surface area contributed by atoms with Gasteiger partial charge < -0.3 is 9.52 Å². The molecule has 1 N–H and O–H groups in total. The number of aromatic nitrogens is 2. The molecule has 0 fully saturated rings. The van der Waals surface area contributed by atoms with Crippen molar-refractivity contribution in [3.8, 4) is 17.4 Å². The van der Waals surface area contributed by atoms with E-state index < -0.39 is 11.9 Å². The van der Waals surface area contributed by atoms with Crippen molar-refractivity contribution in [2.24, 2.45) is 0 Å². The van der Waals surface area contributed by atoms with Crippen molar-refractivity contribution in [3.05, 3.63) is 71.8 Å². The zero-order chi connectivity index (χ0) is 15.5. The van der Waals surface area contributed by atoms with Crippen LogP contribution >= 0.6 is 0 Å². The third-order valence-corrected chi connectivity index (χ3v) is 3.25. The maximum atomic E-state index is 14.8. The summed E-state index contributed by atoms with van der Waals surface area (Å²) in [5, 5.41) is 19.5. The van der Waals surface area contributed by atoms with Gasteiger partial charge in [-0.2, -0.15) is 5.26 Å². The quantitative estimate of drug-likeness (QED) is 0.803. The van der Waals surface area contributed by atoms with Gasteiger partial charge in [-0.1, -0.05) is 6.07 Å². The molecule has 5 nitrogen and oxygen atoms in total. The van der Waals surface area contributed by atoms with Gasteiger partial charge in [0.05, 0.1) is 23.5 Å². The van der Waals surface area contributed by atoms with E-state index in [1.165, 1.54) is 37.1 Å². The van der Waals surface area contributed by atoms with Gasteiger partial charge in [-0.3, -0.25) is 0 Å². The minimum absolute atomic E-state index is 0.0280. The first kappa shape index (κ1) is 13.9. The number of rotatable bonds is 3. The van der Waals surface area contributed by atoms with Crippen LogP contribution in [0.2, 0.25) is 0 Å². The van der Waals surface area contributed by atoms with Crippen LogP contribution in [0.4, 0.5) is 4.39 Å². The Morgan fingerprint density at radius 1 is 1.23 bits per heavy atom. The van der Waals surface area contributed by atoms with E-state index in [9.17, 15) is 9.50 Å². The largest absolute Gasteiger partial charge is 0.464 e. The highest BCUT2D eigenvalue weighted by atomic mass is 19.1. The summed E-state index contributed by atoms with van der Waals surface area (Å²) >= 11 is 0. The van der Waals surface area contributed by atoms with Crippen LogP contribution < -0.4 is 0 Å². The minimum Gasteiger partial charge on any atom is -0.464 e. The summed E-state index contributed by atoms with van der Waals surface area (Å²) < 4.78 is 20.0. The van der Waals surface area contributed by atoms with Crippen molar-refractivity contribution in [1.29, 1.82) is 5.26 Å². The number of aliphatic hydroxyl groups is 1. The molecule has 2 aromatic heterocycles. The molecule has 3 aromatic rings. The smallest absolute Gasteiger partial charge is 0.141 e. The van der Waals surface area contributed by atoms with Crippen LogP contribution in [0.1, 0.15) is 22.8 Å². The molecule has 1 unspecified atom stereocenters. The number of nitriles is 1. The highest BCUT2D eigenvalue weighted by Crippen LogP contribution is 2.33. The van der Waals surface area contributed by atoms with Gasteiger partial charge >= 0.3 is 0 Å². The van der Waals surface area contributed by atoms with Crippen LogP contribution in [0.5, 0.6) is 0 Å². The van der Waals surface area contributed by atoms with Crippen LogP contribution in [0.25, 0.3) is 11.3 Å². The summed E-state index contributed by atoms with van der Waals surface area (Å²) in [7, 11) is 0. The Balaban J connectivity index is 2.15. The second-order valence-electron chi connectivity index (χ2n) is 4.55. The fraction of sp³-hybridized carbons (Fsp3) is 0.0625. The van der Waals surface area contributed by atoms with E-state index in [1.54, 1.807) is 12.1 Å². The molecule has 0 aliphatic carbocycles. The van der Waals surface area contributed by atoms with Gasteiger partial charge in [-0.15, -0.1) is 0 Å². The van der Waals surface area contributed by atoms with Gasteiger partial charge in [0.25, 0.3) is 0 Å². The van der Waals surface area contributed by atoms with Crippen LogP contribution in [-0.4, -0.2) is 15.1 Å². The van der Waals surface area contributed by atoms with Crippen LogP contribution in [0, 0.1) is 17.1 Å². The Morgan fingerprint density at radius 2 is 2.00 bits per heavy atom. The first-order valence-corrected chi connectivity index (χ1v) is 6.41. The molecule has 108 valence electrons.